The number of morpholine rings is 1. The number of carbonyl (C=O) groups is 1. The number of non-ortho nitro benzene ring substituents is 1. The second-order valence-corrected chi connectivity index (χ2v) is 5.14. The third-order valence-electron chi connectivity index (χ3n) is 2.73. The maximum Gasteiger partial charge on any atom is 0.272 e. The number of nitro groups is 1. The molecule has 0 N–H and O–H groups in total. The van der Waals surface area contributed by atoms with Crippen molar-refractivity contribution in [2.45, 2.75) is 6.04 Å². The van der Waals surface area contributed by atoms with Crippen molar-refractivity contribution in [3.63, 3.8) is 0 Å². The summed E-state index contributed by atoms with van der Waals surface area (Å²) in [5, 5.41) is 10.8. The van der Waals surface area contributed by atoms with Crippen molar-refractivity contribution >= 4 is 40.3 Å². The largest absolute Gasteiger partial charge is 0.377 e. The number of hydrogen-bond donors (Lipinski definition) is 0. The van der Waals surface area contributed by atoms with Gasteiger partial charge in [-0.05, 0) is 28.7 Å². The average molecular weight is 362 g/mol. The molecule has 18 heavy (non-hydrogen) atoms. The molecule has 0 radical (unpaired) electrons. The number of ether oxygens (including phenoxy) is 1. The summed E-state index contributed by atoms with van der Waals surface area (Å²) in [4.78, 5) is 23.2. The minimum Gasteiger partial charge on any atom is -0.377 e. The second kappa shape index (κ2) is 5.61. The van der Waals surface area contributed by atoms with Gasteiger partial charge in [-0.15, -0.1) is 0 Å². The van der Waals surface area contributed by atoms with Crippen LogP contribution in [0, 0.1) is 13.7 Å². The fraction of sp³-hybridized carbons (Fsp3) is 0.364. The molecule has 0 aromatic heterocycles. The average Bonchev–Trinajstić information content (AvgIpc) is 2.38. The highest BCUT2D eigenvalue weighted by Crippen LogP contribution is 2.27. The summed E-state index contributed by atoms with van der Waals surface area (Å²) in [6.07, 6.45) is 0.810. The molecule has 0 aliphatic carbocycles. The lowest BCUT2D eigenvalue weighted by molar-refractivity contribution is -0.384. The molecule has 1 aromatic carbocycles. The van der Waals surface area contributed by atoms with E-state index in [9.17, 15) is 14.9 Å². The number of hydrogen-bond acceptors (Lipinski definition) is 5. The van der Waals surface area contributed by atoms with E-state index < -0.39 is 4.92 Å². The Morgan fingerprint density at radius 2 is 2.28 bits per heavy atom. The Balaban J connectivity index is 2.36. The van der Waals surface area contributed by atoms with Gasteiger partial charge >= 0.3 is 0 Å². The Labute approximate surface area is 117 Å². The Morgan fingerprint density at radius 1 is 1.50 bits per heavy atom. The van der Waals surface area contributed by atoms with Crippen LogP contribution in [0.3, 0.4) is 0 Å². The van der Waals surface area contributed by atoms with E-state index >= 15 is 0 Å². The molecule has 7 heteroatoms. The minimum absolute atomic E-state index is 0.0352. The lowest BCUT2D eigenvalue weighted by Gasteiger charge is -2.34. The van der Waals surface area contributed by atoms with Crippen LogP contribution >= 0.6 is 22.6 Å². The fourth-order valence-corrected chi connectivity index (χ4v) is 2.52. The number of carbonyl (C=O) groups excluding carboxylic acids is 1. The van der Waals surface area contributed by atoms with E-state index in [4.69, 9.17) is 4.74 Å². The summed E-state index contributed by atoms with van der Waals surface area (Å²) in [5.74, 6) is 0. The first kappa shape index (κ1) is 13.2. The number of aldehydes is 1. The molecule has 1 atom stereocenters. The van der Waals surface area contributed by atoms with E-state index in [1.165, 1.54) is 12.1 Å². The molecule has 1 unspecified atom stereocenters. The van der Waals surface area contributed by atoms with E-state index in [-0.39, 0.29) is 11.7 Å². The minimum atomic E-state index is -0.429. The molecule has 1 heterocycles. The van der Waals surface area contributed by atoms with Gasteiger partial charge in [0.2, 0.25) is 0 Å². The molecule has 1 aliphatic heterocycles. The van der Waals surface area contributed by atoms with Crippen molar-refractivity contribution in [1.82, 2.24) is 0 Å². The summed E-state index contributed by atoms with van der Waals surface area (Å²) < 4.78 is 6.00. The van der Waals surface area contributed by atoms with Crippen LogP contribution in [-0.4, -0.2) is 37.0 Å². The molecular formula is C11H11IN2O4. The molecule has 1 fully saturated rings. The van der Waals surface area contributed by atoms with Crippen molar-refractivity contribution in [2.75, 3.05) is 24.7 Å². The van der Waals surface area contributed by atoms with Gasteiger partial charge in [-0.3, -0.25) is 10.1 Å². The number of nitrogens with zero attached hydrogens (tertiary/aromatic N) is 2. The van der Waals surface area contributed by atoms with Crippen molar-refractivity contribution in [1.29, 1.82) is 0 Å². The smallest absolute Gasteiger partial charge is 0.272 e. The number of benzene rings is 1. The highest BCUT2D eigenvalue weighted by Gasteiger charge is 2.24. The van der Waals surface area contributed by atoms with E-state index in [1.54, 1.807) is 0 Å². The first-order chi connectivity index (χ1) is 8.61. The Morgan fingerprint density at radius 3 is 2.94 bits per heavy atom. The molecule has 1 saturated heterocycles. The predicted molar refractivity (Wildman–Crippen MR) is 73.8 cm³/mol. The summed E-state index contributed by atoms with van der Waals surface area (Å²) >= 11 is 2.03. The number of halogens is 1. The van der Waals surface area contributed by atoms with Gasteiger partial charge in [0.05, 0.1) is 18.1 Å². The lowest BCUT2D eigenvalue weighted by atomic mass is 10.2. The summed E-state index contributed by atoms with van der Waals surface area (Å²) in [6, 6.07) is 4.44. The third kappa shape index (κ3) is 2.78. The van der Waals surface area contributed by atoms with Gasteiger partial charge < -0.3 is 14.4 Å². The SMILES string of the molecule is O=CC1COCCN1c1cc(I)cc([N+](=O)[O-])c1. The third-order valence-corrected chi connectivity index (χ3v) is 3.36. The van der Waals surface area contributed by atoms with Gasteiger partial charge in [0, 0.05) is 27.9 Å². The summed E-state index contributed by atoms with van der Waals surface area (Å²) in [7, 11) is 0. The van der Waals surface area contributed by atoms with Crippen LogP contribution in [0.1, 0.15) is 0 Å². The van der Waals surface area contributed by atoms with Crippen molar-refractivity contribution in [2.24, 2.45) is 0 Å². The van der Waals surface area contributed by atoms with E-state index in [2.05, 4.69) is 0 Å². The lowest BCUT2D eigenvalue weighted by Crippen LogP contribution is -2.46. The van der Waals surface area contributed by atoms with Crippen LogP contribution in [0.5, 0.6) is 0 Å². The zero-order chi connectivity index (χ0) is 13.1. The maximum absolute atomic E-state index is 11.0. The molecule has 0 bridgehead atoms. The molecule has 1 aromatic rings. The summed E-state index contributed by atoms with van der Waals surface area (Å²) in [6.45, 7) is 1.40. The highest BCUT2D eigenvalue weighted by atomic mass is 127. The van der Waals surface area contributed by atoms with Gasteiger partial charge in [0.15, 0.2) is 0 Å². The van der Waals surface area contributed by atoms with E-state index in [1.807, 2.05) is 33.6 Å². The maximum atomic E-state index is 11.0. The van der Waals surface area contributed by atoms with E-state index in [0.717, 1.165) is 9.86 Å². The van der Waals surface area contributed by atoms with Gasteiger partial charge in [0.1, 0.15) is 12.3 Å². The standard InChI is InChI=1S/C11H11IN2O4/c12-8-3-9(5-10(4-8)14(16)17)13-1-2-18-7-11(13)6-15/h3-6,11H,1-2,7H2. The van der Waals surface area contributed by atoms with Crippen LogP contribution in [-0.2, 0) is 9.53 Å². The van der Waals surface area contributed by atoms with Gasteiger partial charge in [0.25, 0.3) is 5.69 Å². The van der Waals surface area contributed by atoms with Crippen LogP contribution in [0.2, 0.25) is 0 Å². The Bertz CT molecular complexity index is 480. The summed E-state index contributed by atoms with van der Waals surface area (Å²) in [5.41, 5.74) is 0.724. The molecule has 6 nitrogen and oxygen atoms in total. The van der Waals surface area contributed by atoms with Crippen LogP contribution in [0.25, 0.3) is 0 Å². The van der Waals surface area contributed by atoms with Crippen molar-refractivity contribution < 1.29 is 14.5 Å². The number of rotatable bonds is 3. The van der Waals surface area contributed by atoms with Crippen LogP contribution < -0.4 is 4.90 Å². The molecule has 96 valence electrons. The van der Waals surface area contributed by atoms with E-state index in [0.29, 0.717) is 25.4 Å². The Hall–Kier alpha value is -1.22. The predicted octanol–water partition coefficient (Wildman–Crippen LogP) is 1.60. The normalized spacial score (nSPS) is 19.6. The number of nitro benzene ring substituents is 1. The molecule has 0 amide bonds. The zero-order valence-electron chi connectivity index (χ0n) is 9.41. The molecule has 0 spiro atoms. The zero-order valence-corrected chi connectivity index (χ0v) is 11.6. The Kier molecular flexibility index (Phi) is 4.12. The van der Waals surface area contributed by atoms with Crippen molar-refractivity contribution in [3.05, 3.63) is 31.9 Å². The first-order valence-corrected chi connectivity index (χ1v) is 6.44. The molecular weight excluding hydrogens is 351 g/mol. The monoisotopic (exact) mass is 362 g/mol. The van der Waals surface area contributed by atoms with Gasteiger partial charge in [-0.1, -0.05) is 0 Å². The highest BCUT2D eigenvalue weighted by molar-refractivity contribution is 14.1. The quantitative estimate of drug-likeness (QED) is 0.354. The molecule has 1 aliphatic rings. The fourth-order valence-electron chi connectivity index (χ4n) is 1.89. The van der Waals surface area contributed by atoms with Gasteiger partial charge in [-0.25, -0.2) is 0 Å². The van der Waals surface area contributed by atoms with Crippen LogP contribution in [0.15, 0.2) is 18.2 Å². The molecule has 0 saturated carbocycles. The van der Waals surface area contributed by atoms with Crippen LogP contribution in [0.4, 0.5) is 11.4 Å². The van der Waals surface area contributed by atoms with Gasteiger partial charge in [-0.2, -0.15) is 0 Å². The van der Waals surface area contributed by atoms with Crippen molar-refractivity contribution in [3.8, 4) is 0 Å². The molecule has 2 rings (SSSR count). The first-order valence-electron chi connectivity index (χ1n) is 5.36. The second-order valence-electron chi connectivity index (χ2n) is 3.90. The topological polar surface area (TPSA) is 72.7 Å². The number of anilines is 1.